The highest BCUT2D eigenvalue weighted by atomic mass is 16.5. The zero-order valence-electron chi connectivity index (χ0n) is 15.4. The van der Waals surface area contributed by atoms with Gasteiger partial charge in [0.1, 0.15) is 5.75 Å². The number of fused-ring (bicyclic) bond motifs is 3. The lowest BCUT2D eigenvalue weighted by molar-refractivity contribution is 0.0995. The molecule has 0 bridgehead atoms. The molecule has 2 aliphatic rings. The summed E-state index contributed by atoms with van der Waals surface area (Å²) < 4.78 is 5.67. The maximum Gasteiger partial charge on any atom is 0.269 e. The Hall–Kier alpha value is -3.87. The molecule has 1 unspecified atom stereocenters. The van der Waals surface area contributed by atoms with Crippen LogP contribution in [-0.2, 0) is 6.42 Å². The van der Waals surface area contributed by atoms with Crippen LogP contribution in [0.1, 0.15) is 33.2 Å². The molecular formula is C22H17N5O2. The van der Waals surface area contributed by atoms with Crippen LogP contribution in [0.25, 0.3) is 22.2 Å². The lowest BCUT2D eigenvalue weighted by Gasteiger charge is -2.20. The Kier molecular flexibility index (Phi) is 3.23. The third kappa shape index (κ3) is 2.27. The molecular weight excluding hydrogens is 366 g/mol. The quantitative estimate of drug-likeness (QED) is 0.493. The van der Waals surface area contributed by atoms with Gasteiger partial charge in [-0.25, -0.2) is 0 Å². The standard InChI is InChI=1S/C22H17N5O2/c23-21(28)20-17-13-3-1-2-4-15(13)25-19(14-10-24-22(18(14)17)27-26-20)12-5-6-16-11(9-12)7-8-29-16/h1-6,9-10,19,25H,7-8H2,(H2,23,28)(H,24,27). The number of ether oxygens (including phenoxy) is 1. The van der Waals surface area contributed by atoms with Gasteiger partial charge in [-0.05, 0) is 29.3 Å². The van der Waals surface area contributed by atoms with E-state index in [-0.39, 0.29) is 11.7 Å². The van der Waals surface area contributed by atoms with Crippen molar-refractivity contribution in [3.8, 4) is 16.9 Å². The van der Waals surface area contributed by atoms with Crippen LogP contribution >= 0.6 is 0 Å². The third-order valence-corrected chi connectivity index (χ3v) is 5.71. The number of amides is 1. The van der Waals surface area contributed by atoms with E-state index in [1.807, 2.05) is 36.5 Å². The summed E-state index contributed by atoms with van der Waals surface area (Å²) in [5.74, 6) is 0.355. The van der Waals surface area contributed by atoms with Gasteiger partial charge in [-0.2, -0.15) is 0 Å². The zero-order chi connectivity index (χ0) is 19.5. The van der Waals surface area contributed by atoms with Crippen LogP contribution in [0.15, 0.2) is 48.7 Å². The molecule has 1 amide bonds. The fourth-order valence-corrected chi connectivity index (χ4v) is 4.41. The first kappa shape index (κ1) is 16.1. The van der Waals surface area contributed by atoms with E-state index < -0.39 is 5.91 Å². The Bertz CT molecular complexity index is 1310. The van der Waals surface area contributed by atoms with Gasteiger partial charge < -0.3 is 20.8 Å². The molecule has 0 fully saturated rings. The number of carbonyl (C=O) groups excluding carboxylic acids is 1. The summed E-state index contributed by atoms with van der Waals surface area (Å²) >= 11 is 0. The number of anilines is 1. The molecule has 4 heterocycles. The molecule has 142 valence electrons. The number of aromatic nitrogens is 3. The maximum absolute atomic E-state index is 12.2. The van der Waals surface area contributed by atoms with Crippen LogP contribution in [-0.4, -0.2) is 27.7 Å². The Morgan fingerprint density at radius 2 is 2.07 bits per heavy atom. The number of primary amides is 1. The van der Waals surface area contributed by atoms with Gasteiger partial charge in [-0.1, -0.05) is 24.3 Å². The molecule has 0 spiro atoms. The second kappa shape index (κ2) is 5.81. The summed E-state index contributed by atoms with van der Waals surface area (Å²) in [6, 6.07) is 14.1. The minimum absolute atomic E-state index is 0.123. The summed E-state index contributed by atoms with van der Waals surface area (Å²) in [7, 11) is 0. The van der Waals surface area contributed by atoms with E-state index in [0.29, 0.717) is 17.8 Å². The molecule has 6 rings (SSSR count). The molecule has 4 aromatic rings. The fourth-order valence-electron chi connectivity index (χ4n) is 4.41. The van der Waals surface area contributed by atoms with Crippen molar-refractivity contribution in [3.05, 3.63) is 71.0 Å². The van der Waals surface area contributed by atoms with Gasteiger partial charge in [0, 0.05) is 40.4 Å². The predicted octanol–water partition coefficient (Wildman–Crippen LogP) is 3.17. The lowest BCUT2D eigenvalue weighted by Crippen LogP contribution is -2.15. The molecule has 0 saturated carbocycles. The van der Waals surface area contributed by atoms with Crippen molar-refractivity contribution in [1.29, 1.82) is 0 Å². The highest BCUT2D eigenvalue weighted by Gasteiger charge is 2.30. The number of nitrogens with two attached hydrogens (primary N) is 1. The number of hydrogen-bond donors (Lipinski definition) is 3. The molecule has 2 aromatic carbocycles. The fraction of sp³-hybridized carbons (Fsp3) is 0.136. The molecule has 2 aliphatic heterocycles. The van der Waals surface area contributed by atoms with Crippen molar-refractivity contribution in [1.82, 2.24) is 15.2 Å². The zero-order valence-corrected chi connectivity index (χ0v) is 15.4. The van der Waals surface area contributed by atoms with Gasteiger partial charge >= 0.3 is 0 Å². The SMILES string of the molecule is NC(=O)c1nnc2[nH]cc3c2c1-c1ccccc1NC3c1ccc2c(c1)CCO2. The third-order valence-electron chi connectivity index (χ3n) is 5.71. The van der Waals surface area contributed by atoms with Crippen molar-refractivity contribution in [3.63, 3.8) is 0 Å². The lowest BCUT2D eigenvalue weighted by atomic mass is 9.94. The minimum atomic E-state index is -0.593. The highest BCUT2D eigenvalue weighted by molar-refractivity contribution is 6.10. The number of nitrogens with zero attached hydrogens (tertiary/aromatic N) is 2. The number of aromatic amines is 1. The molecule has 7 heteroatoms. The van der Waals surface area contributed by atoms with Crippen LogP contribution in [0, 0.1) is 0 Å². The predicted molar refractivity (Wildman–Crippen MR) is 109 cm³/mol. The first-order valence-corrected chi connectivity index (χ1v) is 9.50. The monoisotopic (exact) mass is 383 g/mol. The Morgan fingerprint density at radius 1 is 1.17 bits per heavy atom. The van der Waals surface area contributed by atoms with Gasteiger partial charge in [0.25, 0.3) is 5.91 Å². The molecule has 0 saturated heterocycles. The first-order chi connectivity index (χ1) is 14.2. The van der Waals surface area contributed by atoms with Crippen molar-refractivity contribution < 1.29 is 9.53 Å². The van der Waals surface area contributed by atoms with Crippen molar-refractivity contribution in [2.24, 2.45) is 5.73 Å². The first-order valence-electron chi connectivity index (χ1n) is 9.50. The van der Waals surface area contributed by atoms with Crippen LogP contribution in [0.4, 0.5) is 5.69 Å². The second-order valence-electron chi connectivity index (χ2n) is 7.34. The topological polar surface area (TPSA) is 106 Å². The average Bonchev–Trinajstić information content (AvgIpc) is 3.34. The van der Waals surface area contributed by atoms with E-state index in [9.17, 15) is 4.79 Å². The van der Waals surface area contributed by atoms with Gasteiger partial charge in [0.05, 0.1) is 12.6 Å². The number of rotatable bonds is 2. The van der Waals surface area contributed by atoms with Crippen LogP contribution in [0.3, 0.4) is 0 Å². The maximum atomic E-state index is 12.2. The number of H-pyrrole nitrogens is 1. The van der Waals surface area contributed by atoms with Crippen molar-refractivity contribution in [2.45, 2.75) is 12.5 Å². The summed E-state index contributed by atoms with van der Waals surface area (Å²) in [6.07, 6.45) is 2.84. The summed E-state index contributed by atoms with van der Waals surface area (Å²) in [5.41, 5.74) is 12.3. The van der Waals surface area contributed by atoms with E-state index >= 15 is 0 Å². The van der Waals surface area contributed by atoms with E-state index in [1.54, 1.807) is 0 Å². The van der Waals surface area contributed by atoms with Crippen molar-refractivity contribution >= 4 is 22.6 Å². The van der Waals surface area contributed by atoms with Crippen LogP contribution in [0.5, 0.6) is 5.75 Å². The minimum Gasteiger partial charge on any atom is -0.493 e. The Balaban J connectivity index is 1.67. The van der Waals surface area contributed by atoms with Crippen molar-refractivity contribution in [2.75, 3.05) is 11.9 Å². The van der Waals surface area contributed by atoms with E-state index in [4.69, 9.17) is 10.5 Å². The number of benzene rings is 2. The number of carbonyl (C=O) groups is 1. The smallest absolute Gasteiger partial charge is 0.269 e. The Labute approximate surface area is 165 Å². The van der Waals surface area contributed by atoms with E-state index in [2.05, 4.69) is 32.6 Å². The van der Waals surface area contributed by atoms with Crippen LogP contribution < -0.4 is 15.8 Å². The van der Waals surface area contributed by atoms with Crippen LogP contribution in [0.2, 0.25) is 0 Å². The normalized spacial score (nSPS) is 16.5. The van der Waals surface area contributed by atoms with E-state index in [0.717, 1.165) is 39.9 Å². The van der Waals surface area contributed by atoms with Gasteiger partial charge in [0.2, 0.25) is 0 Å². The van der Waals surface area contributed by atoms with Gasteiger partial charge in [-0.3, -0.25) is 4.79 Å². The molecule has 2 aromatic heterocycles. The molecule has 29 heavy (non-hydrogen) atoms. The summed E-state index contributed by atoms with van der Waals surface area (Å²) in [5, 5.41) is 12.8. The number of nitrogens with one attached hydrogen (secondary N) is 2. The van der Waals surface area contributed by atoms with E-state index in [1.165, 1.54) is 5.56 Å². The summed E-state index contributed by atoms with van der Waals surface area (Å²) in [4.78, 5) is 15.4. The molecule has 4 N–H and O–H groups in total. The van der Waals surface area contributed by atoms with Gasteiger partial charge in [0.15, 0.2) is 11.3 Å². The molecule has 1 atom stereocenters. The summed E-state index contributed by atoms with van der Waals surface area (Å²) in [6.45, 7) is 0.717. The van der Waals surface area contributed by atoms with Gasteiger partial charge in [-0.15, -0.1) is 10.2 Å². The average molecular weight is 383 g/mol. The largest absolute Gasteiger partial charge is 0.493 e. The Morgan fingerprint density at radius 3 is 2.97 bits per heavy atom. The number of para-hydroxylation sites is 1. The second-order valence-corrected chi connectivity index (χ2v) is 7.34. The number of hydrogen-bond acceptors (Lipinski definition) is 5. The molecule has 7 nitrogen and oxygen atoms in total. The highest BCUT2D eigenvalue weighted by Crippen LogP contribution is 2.45. The molecule has 0 radical (unpaired) electrons. The molecule has 0 aliphatic carbocycles.